The Labute approximate surface area is 265 Å². The Morgan fingerprint density at radius 1 is 1.00 bits per heavy atom. The van der Waals surface area contributed by atoms with Crippen LogP contribution in [-0.4, -0.2) is 129 Å². The molecule has 6 atom stereocenters. The first-order valence-corrected chi connectivity index (χ1v) is 16.6. The molecule has 0 saturated carbocycles. The summed E-state index contributed by atoms with van der Waals surface area (Å²) >= 11 is 0. The number of nitrogens with zero attached hydrogens (tertiary/aromatic N) is 5. The highest BCUT2D eigenvalue weighted by Gasteiger charge is 2.53. The van der Waals surface area contributed by atoms with E-state index in [9.17, 15) is 9.59 Å². The number of morpholine rings is 1. The van der Waals surface area contributed by atoms with Gasteiger partial charge in [-0.3, -0.25) is 30.5 Å². The Kier molecular flexibility index (Phi) is 9.03. The highest BCUT2D eigenvalue weighted by atomic mass is 16.5. The molecule has 5 fully saturated rings. The van der Waals surface area contributed by atoms with Crippen molar-refractivity contribution in [3.63, 3.8) is 0 Å². The molecule has 6 heterocycles. The van der Waals surface area contributed by atoms with Crippen molar-refractivity contribution in [3.8, 4) is 17.6 Å². The van der Waals surface area contributed by atoms with E-state index < -0.39 is 0 Å². The summed E-state index contributed by atoms with van der Waals surface area (Å²) in [7, 11) is 3.87. The van der Waals surface area contributed by atoms with Crippen LogP contribution in [0, 0.1) is 17.8 Å². The van der Waals surface area contributed by atoms with Gasteiger partial charge >= 0.3 is 0 Å². The van der Waals surface area contributed by atoms with Crippen molar-refractivity contribution in [2.24, 2.45) is 5.92 Å². The normalized spacial score (nSPS) is 33.1. The smallest absolute Gasteiger partial charge is 0.249 e. The molecule has 244 valence electrons. The number of carbonyl (C=O) groups is 2. The fourth-order valence-corrected chi connectivity index (χ4v) is 7.61. The molecule has 4 N–H and O–H groups in total. The van der Waals surface area contributed by atoms with E-state index in [0.29, 0.717) is 19.6 Å². The topological polar surface area (TPSA) is 117 Å². The van der Waals surface area contributed by atoms with E-state index >= 15 is 0 Å². The van der Waals surface area contributed by atoms with Crippen LogP contribution in [0.1, 0.15) is 38.5 Å². The number of anilines is 2. The maximum atomic E-state index is 13.9. The minimum absolute atomic E-state index is 0.0295. The quantitative estimate of drug-likeness (QED) is 0.345. The third kappa shape index (κ3) is 6.19. The van der Waals surface area contributed by atoms with Crippen LogP contribution in [0.5, 0.6) is 5.75 Å². The van der Waals surface area contributed by atoms with Gasteiger partial charge in [0, 0.05) is 57.4 Å². The molecule has 13 heteroatoms. The second kappa shape index (κ2) is 13.3. The molecule has 0 aromatic heterocycles. The molecule has 6 aliphatic heterocycles. The molecule has 2 bridgehead atoms. The minimum atomic E-state index is -0.273. The number of nitrogens with one attached hydrogen (secondary N) is 4. The largest absolute Gasteiger partial charge is 0.495 e. The lowest BCUT2D eigenvalue weighted by atomic mass is 9.99. The maximum Gasteiger partial charge on any atom is 0.249 e. The van der Waals surface area contributed by atoms with Gasteiger partial charge in [0.25, 0.3) is 0 Å². The van der Waals surface area contributed by atoms with Gasteiger partial charge in [0.1, 0.15) is 24.8 Å². The fraction of sp³-hybridized carbons (Fsp3) is 0.688. The van der Waals surface area contributed by atoms with Gasteiger partial charge in [-0.25, -0.2) is 0 Å². The second-order valence-electron chi connectivity index (χ2n) is 13.0. The summed E-state index contributed by atoms with van der Waals surface area (Å²) in [5.41, 5.74) is 2.03. The van der Waals surface area contributed by atoms with Crippen LogP contribution in [0.4, 0.5) is 11.4 Å². The van der Waals surface area contributed by atoms with Crippen molar-refractivity contribution >= 4 is 23.2 Å². The number of carbonyl (C=O) groups excluding carboxylic acids is 2. The lowest BCUT2D eigenvalue weighted by Crippen LogP contribution is -2.72. The molecule has 7 rings (SSSR count). The van der Waals surface area contributed by atoms with E-state index in [1.807, 2.05) is 16.0 Å². The molecule has 5 saturated heterocycles. The van der Waals surface area contributed by atoms with Crippen molar-refractivity contribution in [2.75, 3.05) is 76.8 Å². The lowest BCUT2D eigenvalue weighted by Gasteiger charge is -2.50. The Morgan fingerprint density at radius 2 is 1.87 bits per heavy atom. The summed E-state index contributed by atoms with van der Waals surface area (Å²) < 4.78 is 11.8. The molecule has 1 aromatic carbocycles. The number of hydrazine groups is 1. The van der Waals surface area contributed by atoms with E-state index in [0.717, 1.165) is 81.8 Å². The molecule has 0 radical (unpaired) electrons. The van der Waals surface area contributed by atoms with E-state index in [2.05, 4.69) is 67.1 Å². The predicted molar refractivity (Wildman–Crippen MR) is 170 cm³/mol. The van der Waals surface area contributed by atoms with Gasteiger partial charge in [-0.05, 0) is 44.9 Å². The van der Waals surface area contributed by atoms with E-state index in [-0.39, 0.29) is 55.2 Å². The summed E-state index contributed by atoms with van der Waals surface area (Å²) in [6, 6.07) is 6.26. The van der Waals surface area contributed by atoms with Gasteiger partial charge in [-0.2, -0.15) is 5.01 Å². The molecule has 2 amide bonds. The first kappa shape index (κ1) is 30.5. The number of likely N-dealkylation sites (N-methyl/N-ethyl adjacent to an activating group) is 1. The number of hydrogen-bond donors (Lipinski definition) is 4. The summed E-state index contributed by atoms with van der Waals surface area (Å²) in [5.74, 6) is 7.23. The molecular weight excluding hydrogens is 574 g/mol. The van der Waals surface area contributed by atoms with E-state index in [1.165, 1.54) is 0 Å². The molecule has 1 aromatic rings. The van der Waals surface area contributed by atoms with Crippen LogP contribution in [0.25, 0.3) is 0 Å². The number of fused-ring (bicyclic) bond motifs is 5. The number of ether oxygens (including phenoxy) is 2. The van der Waals surface area contributed by atoms with E-state index in [4.69, 9.17) is 9.47 Å². The zero-order valence-corrected chi connectivity index (χ0v) is 26.5. The first-order valence-electron chi connectivity index (χ1n) is 16.6. The SMILES string of the molecule is COc1cc(NC2NCC3C(=O)N4CC#CCCCCCN5C(=O)COC6CCC(NC65)N4C3N2)ccc1N1CCN(C)CC1. The molecule has 0 spiro atoms. The van der Waals surface area contributed by atoms with Crippen LogP contribution in [0.3, 0.4) is 0 Å². The van der Waals surface area contributed by atoms with Crippen LogP contribution < -0.4 is 30.9 Å². The van der Waals surface area contributed by atoms with Crippen molar-refractivity contribution in [3.05, 3.63) is 18.2 Å². The molecule has 45 heavy (non-hydrogen) atoms. The van der Waals surface area contributed by atoms with Crippen LogP contribution >= 0.6 is 0 Å². The van der Waals surface area contributed by atoms with Gasteiger partial charge in [-0.1, -0.05) is 12.3 Å². The van der Waals surface area contributed by atoms with Crippen molar-refractivity contribution < 1.29 is 19.1 Å². The van der Waals surface area contributed by atoms with Gasteiger partial charge in [0.15, 0.2) is 0 Å². The first-order chi connectivity index (χ1) is 22.0. The highest BCUT2D eigenvalue weighted by Crippen LogP contribution is 2.35. The second-order valence-corrected chi connectivity index (χ2v) is 13.0. The third-order valence-electron chi connectivity index (χ3n) is 10.1. The Morgan fingerprint density at radius 3 is 2.71 bits per heavy atom. The number of hydrogen-bond acceptors (Lipinski definition) is 11. The average Bonchev–Trinajstić information content (AvgIpc) is 3.33. The molecule has 13 nitrogen and oxygen atoms in total. The Hall–Kier alpha value is -3.12. The number of methoxy groups -OCH3 is 1. The zero-order valence-electron chi connectivity index (χ0n) is 26.5. The fourth-order valence-electron chi connectivity index (χ4n) is 7.61. The Bertz CT molecular complexity index is 1310. The molecule has 6 unspecified atom stereocenters. The number of piperidine rings is 1. The summed E-state index contributed by atoms with van der Waals surface area (Å²) in [4.78, 5) is 33.5. The lowest BCUT2D eigenvalue weighted by molar-refractivity contribution is -0.176. The highest BCUT2D eigenvalue weighted by molar-refractivity contribution is 5.82. The van der Waals surface area contributed by atoms with Crippen molar-refractivity contribution in [2.45, 2.75) is 69.4 Å². The van der Waals surface area contributed by atoms with Crippen LogP contribution in [0.15, 0.2) is 18.2 Å². The maximum absolute atomic E-state index is 13.9. The minimum Gasteiger partial charge on any atom is -0.495 e. The summed E-state index contributed by atoms with van der Waals surface area (Å²) in [6.45, 7) is 5.70. The average molecular weight is 622 g/mol. The number of benzene rings is 1. The summed E-state index contributed by atoms with van der Waals surface area (Å²) in [6.07, 6.45) is 4.42. The number of piperazine rings is 1. The van der Waals surface area contributed by atoms with Crippen LogP contribution in [0.2, 0.25) is 0 Å². The van der Waals surface area contributed by atoms with Gasteiger partial charge < -0.3 is 29.5 Å². The standard InChI is InChI=1S/C32H47N9O4/c1-37-15-17-38(18-16-37)24-10-9-22(19-26(24)44-2)34-32-33-20-23-29(36-32)41-27-12-11-25-30(35-27)39(28(42)21-45-25)13-7-5-3-4-6-8-14-40(41)31(23)43/h9-10,19,23,25,27,29-30,32-36H,3-5,7,11-18,20-21H2,1-2H3. The van der Waals surface area contributed by atoms with Gasteiger partial charge in [0.05, 0.1) is 43.7 Å². The van der Waals surface area contributed by atoms with Crippen LogP contribution in [-0.2, 0) is 14.3 Å². The third-order valence-corrected chi connectivity index (χ3v) is 10.1. The number of amides is 2. The molecule has 6 aliphatic rings. The Balaban J connectivity index is 1.11. The van der Waals surface area contributed by atoms with Gasteiger partial charge in [0.2, 0.25) is 11.8 Å². The molecular formula is C32H47N9O4. The zero-order chi connectivity index (χ0) is 30.9. The van der Waals surface area contributed by atoms with E-state index in [1.54, 1.807) is 7.11 Å². The monoisotopic (exact) mass is 621 g/mol. The van der Waals surface area contributed by atoms with Gasteiger partial charge in [-0.15, -0.1) is 5.92 Å². The predicted octanol–water partition coefficient (Wildman–Crippen LogP) is 0.177. The molecule has 0 aliphatic carbocycles. The number of rotatable bonds is 4. The summed E-state index contributed by atoms with van der Waals surface area (Å²) in [5, 5.41) is 18.5. The van der Waals surface area contributed by atoms with Crippen molar-refractivity contribution in [1.82, 2.24) is 35.8 Å². The van der Waals surface area contributed by atoms with Crippen molar-refractivity contribution in [1.29, 1.82) is 0 Å².